The van der Waals surface area contributed by atoms with Crippen LogP contribution in [0.2, 0.25) is 0 Å². The van der Waals surface area contributed by atoms with E-state index in [0.29, 0.717) is 8.39 Å². The second-order valence-electron chi connectivity index (χ2n) is 5.49. The average Bonchev–Trinajstić information content (AvgIpc) is 2.55. The monoisotopic (exact) mass is 452 g/mol. The second kappa shape index (κ2) is 11.9. The molecular formula is C18H22N2NiS4. The van der Waals surface area contributed by atoms with Gasteiger partial charge < -0.3 is 9.80 Å². The first-order valence-corrected chi connectivity index (χ1v) is 8.95. The zero-order valence-corrected chi connectivity index (χ0v) is 18.9. The topological polar surface area (TPSA) is 6.48 Å². The standard InChI is InChI=1S/2C9H11NS2.Ni/c2*1-10(2)8-5-3-7(4-6-8)9(11)12;/h2*3-6H,1-2H3,(H,11,12);. The zero-order chi connectivity index (χ0) is 18.3. The maximum atomic E-state index is 4.92. The van der Waals surface area contributed by atoms with Crippen molar-refractivity contribution in [3.8, 4) is 0 Å². The molecule has 0 amide bonds. The smallest absolute Gasteiger partial charge is 0.0747 e. The van der Waals surface area contributed by atoms with Crippen molar-refractivity contribution in [3.63, 3.8) is 0 Å². The Hall–Kier alpha value is -0.586. The molecule has 0 radical (unpaired) electrons. The van der Waals surface area contributed by atoms with Crippen molar-refractivity contribution in [2.75, 3.05) is 38.0 Å². The van der Waals surface area contributed by atoms with Crippen molar-refractivity contribution in [1.82, 2.24) is 0 Å². The molecule has 2 rings (SSSR count). The summed E-state index contributed by atoms with van der Waals surface area (Å²) < 4.78 is 1.28. The molecule has 2 aromatic rings. The molecule has 0 aliphatic carbocycles. The van der Waals surface area contributed by atoms with Gasteiger partial charge in [0.25, 0.3) is 0 Å². The third-order valence-corrected chi connectivity index (χ3v) is 4.25. The van der Waals surface area contributed by atoms with Crippen LogP contribution in [0, 0.1) is 0 Å². The van der Waals surface area contributed by atoms with E-state index in [0.717, 1.165) is 11.1 Å². The SMILES string of the molecule is CN(C)c1ccc(C(=S)S)cc1.CN(C)c1ccc(C(=S)S)cc1.[Ni]. The van der Waals surface area contributed by atoms with E-state index in [2.05, 4.69) is 25.3 Å². The molecule has 0 bridgehead atoms. The van der Waals surface area contributed by atoms with E-state index in [-0.39, 0.29) is 16.5 Å². The molecule has 0 unspecified atom stereocenters. The molecule has 2 nitrogen and oxygen atoms in total. The molecule has 0 aliphatic heterocycles. The minimum Gasteiger partial charge on any atom is -0.378 e. The Morgan fingerprint density at radius 3 is 1.04 bits per heavy atom. The van der Waals surface area contributed by atoms with Gasteiger partial charge in [-0.2, -0.15) is 0 Å². The van der Waals surface area contributed by atoms with E-state index in [9.17, 15) is 0 Å². The fraction of sp³-hybridized carbons (Fsp3) is 0.222. The number of anilines is 2. The van der Waals surface area contributed by atoms with Gasteiger partial charge in [0.2, 0.25) is 0 Å². The van der Waals surface area contributed by atoms with Crippen molar-refractivity contribution < 1.29 is 16.5 Å². The number of thiocarbonyl (C=S) groups is 2. The van der Waals surface area contributed by atoms with E-state index in [1.165, 1.54) is 11.4 Å². The first-order valence-electron chi connectivity index (χ1n) is 7.23. The van der Waals surface area contributed by atoms with Gasteiger partial charge >= 0.3 is 0 Å². The van der Waals surface area contributed by atoms with Gasteiger partial charge in [-0.25, -0.2) is 0 Å². The largest absolute Gasteiger partial charge is 0.378 e. The predicted octanol–water partition coefficient (Wildman–Crippen LogP) is 4.71. The van der Waals surface area contributed by atoms with Crippen LogP contribution in [0.4, 0.5) is 11.4 Å². The van der Waals surface area contributed by atoms with E-state index in [1.54, 1.807) is 0 Å². The first kappa shape index (κ1) is 24.4. The van der Waals surface area contributed by atoms with Crippen LogP contribution in [0.15, 0.2) is 48.5 Å². The molecule has 0 atom stereocenters. The summed E-state index contributed by atoms with van der Waals surface area (Å²) in [4.78, 5) is 4.09. The summed E-state index contributed by atoms with van der Waals surface area (Å²) in [6.45, 7) is 0. The summed E-state index contributed by atoms with van der Waals surface area (Å²) in [5.41, 5.74) is 4.34. The van der Waals surface area contributed by atoms with E-state index < -0.39 is 0 Å². The number of rotatable bonds is 4. The predicted molar refractivity (Wildman–Crippen MR) is 123 cm³/mol. The Bertz CT molecular complexity index is 622. The van der Waals surface area contributed by atoms with Gasteiger partial charge in [-0.15, -0.1) is 25.3 Å². The molecule has 0 saturated carbocycles. The molecular weight excluding hydrogens is 431 g/mol. The Balaban J connectivity index is 0.000000443. The summed E-state index contributed by atoms with van der Waals surface area (Å²) in [7, 11) is 8.03. The van der Waals surface area contributed by atoms with Crippen molar-refractivity contribution in [2.45, 2.75) is 0 Å². The fourth-order valence-corrected chi connectivity index (χ4v) is 2.37. The molecule has 7 heteroatoms. The molecule has 2 aromatic carbocycles. The molecule has 0 fully saturated rings. The van der Waals surface area contributed by atoms with Crippen LogP contribution in [0.25, 0.3) is 0 Å². The summed E-state index contributed by atoms with van der Waals surface area (Å²) in [5.74, 6) is 0. The van der Waals surface area contributed by atoms with Crippen molar-refractivity contribution in [3.05, 3.63) is 59.7 Å². The van der Waals surface area contributed by atoms with E-state index in [1.807, 2.05) is 86.5 Å². The maximum Gasteiger partial charge on any atom is 0.0747 e. The van der Waals surface area contributed by atoms with Gasteiger partial charge in [-0.3, -0.25) is 0 Å². The maximum absolute atomic E-state index is 4.92. The van der Waals surface area contributed by atoms with Crippen LogP contribution >= 0.6 is 49.7 Å². The van der Waals surface area contributed by atoms with Crippen LogP contribution in [-0.2, 0) is 16.5 Å². The molecule has 0 spiro atoms. The molecule has 138 valence electrons. The molecule has 0 heterocycles. The van der Waals surface area contributed by atoms with Crippen LogP contribution in [0.5, 0.6) is 0 Å². The minimum absolute atomic E-state index is 0. The number of thiol groups is 2. The summed E-state index contributed by atoms with van der Waals surface area (Å²) >= 11 is 18.0. The summed E-state index contributed by atoms with van der Waals surface area (Å²) in [6.07, 6.45) is 0. The van der Waals surface area contributed by atoms with Crippen molar-refractivity contribution >= 4 is 69.5 Å². The first-order chi connectivity index (χ1) is 11.2. The summed E-state index contributed by atoms with van der Waals surface area (Å²) in [5, 5.41) is 0. The van der Waals surface area contributed by atoms with Gasteiger partial charge in [0.1, 0.15) is 0 Å². The molecule has 0 saturated heterocycles. The normalized spacial score (nSPS) is 9.20. The van der Waals surface area contributed by atoms with Crippen LogP contribution in [0.3, 0.4) is 0 Å². The van der Waals surface area contributed by atoms with Gasteiger partial charge in [0.15, 0.2) is 0 Å². The van der Waals surface area contributed by atoms with Crippen LogP contribution in [0.1, 0.15) is 11.1 Å². The Morgan fingerprint density at radius 2 is 0.880 bits per heavy atom. The number of hydrogen-bond donors (Lipinski definition) is 2. The fourth-order valence-electron chi connectivity index (χ4n) is 1.80. The third kappa shape index (κ3) is 8.56. The van der Waals surface area contributed by atoms with Gasteiger partial charge in [-0.1, -0.05) is 48.7 Å². The molecule has 0 aliphatic rings. The van der Waals surface area contributed by atoms with Crippen LogP contribution < -0.4 is 9.80 Å². The molecule has 0 N–H and O–H groups in total. The van der Waals surface area contributed by atoms with E-state index in [4.69, 9.17) is 24.4 Å². The number of nitrogens with zero attached hydrogens (tertiary/aromatic N) is 2. The Labute approximate surface area is 182 Å². The van der Waals surface area contributed by atoms with Crippen LogP contribution in [-0.4, -0.2) is 36.6 Å². The molecule has 25 heavy (non-hydrogen) atoms. The summed E-state index contributed by atoms with van der Waals surface area (Å²) in [6, 6.07) is 16.0. The van der Waals surface area contributed by atoms with Crippen molar-refractivity contribution in [2.24, 2.45) is 0 Å². The quantitative estimate of drug-likeness (QED) is 0.393. The van der Waals surface area contributed by atoms with Crippen molar-refractivity contribution in [1.29, 1.82) is 0 Å². The van der Waals surface area contributed by atoms with Gasteiger partial charge in [0.05, 0.1) is 8.39 Å². The third-order valence-electron chi connectivity index (χ3n) is 3.26. The average molecular weight is 453 g/mol. The van der Waals surface area contributed by atoms with Gasteiger partial charge in [-0.05, 0) is 35.4 Å². The minimum atomic E-state index is 0. The van der Waals surface area contributed by atoms with E-state index >= 15 is 0 Å². The number of hydrogen-bond acceptors (Lipinski definition) is 4. The second-order valence-corrected chi connectivity index (χ2v) is 7.81. The molecule has 0 aromatic heterocycles. The zero-order valence-electron chi connectivity index (χ0n) is 14.5. The Kier molecular flexibility index (Phi) is 11.6. The van der Waals surface area contributed by atoms with Gasteiger partial charge in [0, 0.05) is 56.1 Å². The Morgan fingerprint density at radius 1 is 0.640 bits per heavy atom. The number of benzene rings is 2.